The smallest absolute Gasteiger partial charge is 0.475 e. The average molecular weight is 565 g/mol. The maximum atomic E-state index is 13.3. The summed E-state index contributed by atoms with van der Waals surface area (Å²) < 4.78 is 34.0. The van der Waals surface area contributed by atoms with Crippen molar-refractivity contribution in [3.8, 4) is 0 Å². The molecule has 1 aromatic heterocycles. The fourth-order valence-corrected chi connectivity index (χ4v) is 4.74. The van der Waals surface area contributed by atoms with E-state index >= 15 is 0 Å². The first-order chi connectivity index (χ1) is 19.4. The lowest BCUT2D eigenvalue weighted by atomic mass is 10.0. The summed E-state index contributed by atoms with van der Waals surface area (Å²) >= 11 is 0. The number of nitrogen functional groups attached to an aromatic ring is 2. The molecule has 0 atom stereocenters. The van der Waals surface area contributed by atoms with Crippen LogP contribution in [0, 0.1) is 10.8 Å². The highest BCUT2D eigenvalue weighted by Crippen LogP contribution is 2.32. The van der Waals surface area contributed by atoms with Crippen LogP contribution in [0.4, 0.5) is 13.2 Å². The van der Waals surface area contributed by atoms with Crippen LogP contribution in [0.3, 0.4) is 0 Å². The molecule has 9 nitrogen and oxygen atoms in total. The van der Waals surface area contributed by atoms with Crippen molar-refractivity contribution >= 4 is 34.5 Å². The van der Waals surface area contributed by atoms with Gasteiger partial charge in [-0.1, -0.05) is 48.5 Å². The topological polar surface area (TPSA) is 162 Å². The Hall–Kier alpha value is -5.13. The van der Waals surface area contributed by atoms with Crippen LogP contribution in [-0.2, 0) is 24.3 Å². The minimum atomic E-state index is -5.08. The summed E-state index contributed by atoms with van der Waals surface area (Å²) in [5.74, 6) is -2.75. The number of aliphatic carboxylic acids is 1. The summed E-state index contributed by atoms with van der Waals surface area (Å²) in [4.78, 5) is 24.1. The van der Waals surface area contributed by atoms with Crippen molar-refractivity contribution in [3.05, 3.63) is 106 Å². The number of nitrogens with zero attached hydrogens (tertiary/aromatic N) is 2. The maximum absolute atomic E-state index is 13.3. The zero-order chi connectivity index (χ0) is 29.9. The first-order valence-electron chi connectivity index (χ1n) is 12.4. The second-order valence-electron chi connectivity index (χ2n) is 9.41. The number of halogens is 3. The number of fused-ring (bicyclic) bond motifs is 3. The van der Waals surface area contributed by atoms with E-state index in [-0.39, 0.29) is 17.6 Å². The number of amidine groups is 2. The average Bonchev–Trinajstić information content (AvgIpc) is 3.25. The molecule has 7 N–H and O–H groups in total. The van der Waals surface area contributed by atoms with E-state index in [1.54, 1.807) is 24.3 Å². The van der Waals surface area contributed by atoms with Gasteiger partial charge in [-0.05, 0) is 41.8 Å². The molecule has 5 rings (SSSR count). The van der Waals surface area contributed by atoms with Crippen LogP contribution < -0.4 is 11.5 Å². The Morgan fingerprint density at radius 2 is 1.49 bits per heavy atom. The molecule has 0 unspecified atom stereocenters. The minimum Gasteiger partial charge on any atom is -0.475 e. The second-order valence-corrected chi connectivity index (χ2v) is 9.41. The number of rotatable bonds is 5. The molecular formula is C29H27F3N6O3. The zero-order valence-corrected chi connectivity index (χ0v) is 21.7. The van der Waals surface area contributed by atoms with E-state index in [1.165, 1.54) is 10.9 Å². The molecule has 0 saturated carbocycles. The van der Waals surface area contributed by atoms with Gasteiger partial charge in [0.25, 0.3) is 5.91 Å². The van der Waals surface area contributed by atoms with Crippen molar-refractivity contribution in [2.45, 2.75) is 25.7 Å². The Bertz CT molecular complexity index is 1640. The highest BCUT2D eigenvalue weighted by Gasteiger charge is 2.38. The predicted molar refractivity (Wildman–Crippen MR) is 148 cm³/mol. The number of hydrogen-bond acceptors (Lipinski definition) is 4. The lowest BCUT2D eigenvalue weighted by molar-refractivity contribution is -0.192. The number of nitrogens with two attached hydrogens (primary N) is 2. The molecule has 0 fully saturated rings. The zero-order valence-electron chi connectivity index (χ0n) is 21.7. The van der Waals surface area contributed by atoms with Crippen LogP contribution in [0.1, 0.15) is 38.3 Å². The van der Waals surface area contributed by atoms with Crippen molar-refractivity contribution in [1.82, 2.24) is 9.47 Å². The number of hydrogen-bond donors (Lipinski definition) is 5. The number of carbonyl (C=O) groups is 2. The van der Waals surface area contributed by atoms with E-state index in [4.69, 9.17) is 32.2 Å². The van der Waals surface area contributed by atoms with E-state index < -0.39 is 12.1 Å². The van der Waals surface area contributed by atoms with E-state index in [9.17, 15) is 18.0 Å². The Kier molecular flexibility index (Phi) is 8.13. The van der Waals surface area contributed by atoms with Crippen LogP contribution in [0.5, 0.6) is 0 Å². The Morgan fingerprint density at radius 1 is 0.878 bits per heavy atom. The van der Waals surface area contributed by atoms with E-state index in [1.807, 2.05) is 35.2 Å². The molecule has 0 saturated heterocycles. The normalized spacial score (nSPS) is 12.7. The first-order valence-corrected chi connectivity index (χ1v) is 12.4. The monoisotopic (exact) mass is 564 g/mol. The Balaban J connectivity index is 0.000000493. The highest BCUT2D eigenvalue weighted by atomic mass is 19.4. The number of carboxylic acid groups (broad SMARTS) is 1. The van der Waals surface area contributed by atoms with Gasteiger partial charge in [-0.25, -0.2) is 4.79 Å². The summed E-state index contributed by atoms with van der Waals surface area (Å²) in [5, 5.41) is 23.7. The summed E-state index contributed by atoms with van der Waals surface area (Å²) in [7, 11) is 0. The number of carbonyl (C=O) groups excluding carboxylic acids is 1. The summed E-state index contributed by atoms with van der Waals surface area (Å²) in [5.41, 5.74) is 17.8. The van der Waals surface area contributed by atoms with Crippen molar-refractivity contribution in [2.75, 3.05) is 6.54 Å². The molecule has 4 aromatic rings. The Labute approximate surface area is 232 Å². The van der Waals surface area contributed by atoms with Crippen molar-refractivity contribution in [3.63, 3.8) is 0 Å². The lowest BCUT2D eigenvalue weighted by Gasteiger charge is -2.29. The van der Waals surface area contributed by atoms with Crippen molar-refractivity contribution < 1.29 is 27.9 Å². The van der Waals surface area contributed by atoms with Crippen molar-refractivity contribution in [2.24, 2.45) is 11.5 Å². The van der Waals surface area contributed by atoms with Gasteiger partial charge in [-0.2, -0.15) is 13.2 Å². The maximum Gasteiger partial charge on any atom is 0.490 e. The molecule has 41 heavy (non-hydrogen) atoms. The number of aromatic nitrogens is 1. The number of amides is 1. The fourth-order valence-electron chi connectivity index (χ4n) is 4.74. The summed E-state index contributed by atoms with van der Waals surface area (Å²) in [6, 6.07) is 23.0. The second kappa shape index (κ2) is 11.5. The van der Waals surface area contributed by atoms with Crippen LogP contribution in [0.15, 0.2) is 72.8 Å². The highest BCUT2D eigenvalue weighted by molar-refractivity contribution is 5.98. The third-order valence-electron chi connectivity index (χ3n) is 6.72. The molecule has 12 heteroatoms. The molecule has 0 spiro atoms. The number of para-hydroxylation sites is 1. The SMILES string of the molecule is N=C(N)c1ccc(C(=O)N2CCc3c(n(Cc4cccc(C(=N)N)c4)c4ccccc34)C2)cc1.O=C(O)C(F)(F)F. The van der Waals surface area contributed by atoms with Gasteiger partial charge in [0.1, 0.15) is 11.7 Å². The lowest BCUT2D eigenvalue weighted by Crippen LogP contribution is -2.36. The molecule has 0 aliphatic carbocycles. The number of carboxylic acids is 1. The number of benzene rings is 3. The van der Waals surface area contributed by atoms with E-state index in [2.05, 4.69) is 22.8 Å². The van der Waals surface area contributed by atoms with Crippen LogP contribution in [-0.4, -0.2) is 50.8 Å². The summed E-state index contributed by atoms with van der Waals surface area (Å²) in [6.07, 6.45) is -4.30. The van der Waals surface area contributed by atoms with Crippen LogP contribution in [0.2, 0.25) is 0 Å². The van der Waals surface area contributed by atoms with Crippen molar-refractivity contribution in [1.29, 1.82) is 10.8 Å². The first kappa shape index (κ1) is 28.9. The molecule has 0 bridgehead atoms. The molecule has 1 aliphatic rings. The molecule has 2 heterocycles. The Morgan fingerprint density at radius 3 is 2.10 bits per heavy atom. The standard InChI is InChI=1S/C27H26N6O.C2HF3O2/c28-25(29)18-8-10-19(11-9-18)27(34)32-13-12-22-21-6-1-2-7-23(21)33(24(22)16-32)15-17-4-3-5-20(14-17)26(30)31;3-2(4,5)1(6)7/h1-11,14H,12-13,15-16H2,(H3,28,29)(H3,30,31);(H,6,7). The fraction of sp³-hybridized carbons (Fsp3) is 0.172. The van der Waals surface area contributed by atoms with Gasteiger partial charge in [-0.15, -0.1) is 0 Å². The van der Waals surface area contributed by atoms with Gasteiger partial charge < -0.3 is 26.0 Å². The largest absolute Gasteiger partial charge is 0.490 e. The van der Waals surface area contributed by atoms with Gasteiger partial charge in [0.05, 0.1) is 6.54 Å². The quantitative estimate of drug-likeness (QED) is 0.182. The van der Waals surface area contributed by atoms with Gasteiger partial charge >= 0.3 is 12.1 Å². The molecular weight excluding hydrogens is 537 g/mol. The number of nitrogens with one attached hydrogen (secondary N) is 2. The molecule has 0 radical (unpaired) electrons. The van der Waals surface area contributed by atoms with E-state index in [0.717, 1.165) is 23.2 Å². The molecule has 212 valence electrons. The van der Waals surface area contributed by atoms with Crippen LogP contribution in [0.25, 0.3) is 10.9 Å². The third kappa shape index (κ3) is 6.38. The van der Waals surface area contributed by atoms with E-state index in [0.29, 0.717) is 36.3 Å². The molecule has 1 amide bonds. The van der Waals surface area contributed by atoms with Gasteiger partial charge in [0.15, 0.2) is 0 Å². The van der Waals surface area contributed by atoms with Gasteiger partial charge in [0, 0.05) is 46.4 Å². The predicted octanol–water partition coefficient (Wildman–Crippen LogP) is 4.09. The summed E-state index contributed by atoms with van der Waals surface area (Å²) in [6.45, 7) is 1.80. The third-order valence-corrected chi connectivity index (χ3v) is 6.72. The van der Waals surface area contributed by atoms with Gasteiger partial charge in [-0.3, -0.25) is 15.6 Å². The molecule has 1 aliphatic heterocycles. The van der Waals surface area contributed by atoms with Gasteiger partial charge in [0.2, 0.25) is 0 Å². The number of alkyl halides is 3. The minimum absolute atomic E-state index is 0.0139. The molecule has 3 aromatic carbocycles. The van der Waals surface area contributed by atoms with Crippen LogP contribution >= 0.6 is 0 Å².